The van der Waals surface area contributed by atoms with Crippen molar-refractivity contribution in [3.63, 3.8) is 0 Å². The first-order valence-corrected chi connectivity index (χ1v) is 7.95. The largest absolute Gasteiger partial charge is 0.497 e. The molecular formula is C17H25N3O3. The van der Waals surface area contributed by atoms with E-state index in [1.165, 1.54) is 0 Å². The molecule has 2 N–H and O–H groups in total. The van der Waals surface area contributed by atoms with Gasteiger partial charge >= 0.3 is 6.03 Å². The van der Waals surface area contributed by atoms with Gasteiger partial charge in [0.1, 0.15) is 5.75 Å². The molecule has 1 fully saturated rings. The van der Waals surface area contributed by atoms with Crippen molar-refractivity contribution >= 4 is 11.9 Å². The van der Waals surface area contributed by atoms with Gasteiger partial charge in [-0.25, -0.2) is 4.79 Å². The summed E-state index contributed by atoms with van der Waals surface area (Å²) in [5, 5.41) is 5.03. The van der Waals surface area contributed by atoms with Crippen molar-refractivity contribution in [3.05, 3.63) is 29.8 Å². The van der Waals surface area contributed by atoms with Gasteiger partial charge in [0.05, 0.1) is 13.7 Å². The van der Waals surface area contributed by atoms with E-state index in [1.807, 2.05) is 38.1 Å². The summed E-state index contributed by atoms with van der Waals surface area (Å²) < 4.78 is 5.15. The number of urea groups is 1. The lowest BCUT2D eigenvalue weighted by Crippen LogP contribution is -2.46. The molecule has 1 aromatic carbocycles. The maximum Gasteiger partial charge on any atom is 0.321 e. The number of carbonyl (C=O) groups excluding carboxylic acids is 2. The van der Waals surface area contributed by atoms with Crippen LogP contribution in [0.2, 0.25) is 0 Å². The Morgan fingerprint density at radius 2 is 1.91 bits per heavy atom. The molecule has 3 amide bonds. The van der Waals surface area contributed by atoms with Crippen LogP contribution in [0.25, 0.3) is 0 Å². The third-order valence-electron chi connectivity index (χ3n) is 3.63. The van der Waals surface area contributed by atoms with Crippen LogP contribution in [0, 0.1) is 0 Å². The Hall–Kier alpha value is -2.08. The van der Waals surface area contributed by atoms with Crippen molar-refractivity contribution in [1.29, 1.82) is 0 Å². The molecule has 0 heterocycles. The maximum atomic E-state index is 12.0. The lowest BCUT2D eigenvalue weighted by molar-refractivity contribution is -0.121. The van der Waals surface area contributed by atoms with E-state index in [2.05, 4.69) is 15.5 Å². The number of nitrogens with one attached hydrogen (secondary N) is 2. The van der Waals surface area contributed by atoms with Crippen LogP contribution in [-0.2, 0) is 11.3 Å². The third kappa shape index (κ3) is 5.90. The number of hydrogen-bond donors (Lipinski definition) is 2. The number of carbonyl (C=O) groups is 2. The number of ether oxygens (including phenoxy) is 1. The van der Waals surface area contributed by atoms with Crippen LogP contribution in [0.5, 0.6) is 5.75 Å². The first-order chi connectivity index (χ1) is 11.0. The monoisotopic (exact) mass is 319 g/mol. The van der Waals surface area contributed by atoms with Gasteiger partial charge < -0.3 is 10.1 Å². The van der Waals surface area contributed by atoms with Gasteiger partial charge in [-0.3, -0.25) is 15.0 Å². The third-order valence-corrected chi connectivity index (χ3v) is 3.63. The average Bonchev–Trinajstić information content (AvgIpc) is 3.30. The van der Waals surface area contributed by atoms with Crippen LogP contribution < -0.4 is 15.4 Å². The van der Waals surface area contributed by atoms with Crippen molar-refractivity contribution in [1.82, 2.24) is 15.5 Å². The Morgan fingerprint density at radius 3 is 2.43 bits per heavy atom. The number of nitrogens with zero attached hydrogens (tertiary/aromatic N) is 1. The molecule has 0 aromatic heterocycles. The van der Waals surface area contributed by atoms with E-state index < -0.39 is 6.03 Å². The quantitative estimate of drug-likeness (QED) is 0.805. The fraction of sp³-hybridized carbons (Fsp3) is 0.529. The zero-order chi connectivity index (χ0) is 16.8. The fourth-order valence-electron chi connectivity index (χ4n) is 2.37. The molecule has 6 nitrogen and oxygen atoms in total. The first kappa shape index (κ1) is 17.3. The highest BCUT2D eigenvalue weighted by atomic mass is 16.5. The normalized spacial score (nSPS) is 14.0. The summed E-state index contributed by atoms with van der Waals surface area (Å²) in [6.45, 7) is 4.62. The molecule has 0 aliphatic heterocycles. The van der Waals surface area contributed by atoms with Crippen molar-refractivity contribution in [2.24, 2.45) is 0 Å². The minimum atomic E-state index is -0.440. The van der Waals surface area contributed by atoms with Crippen LogP contribution in [0.3, 0.4) is 0 Å². The Morgan fingerprint density at radius 1 is 1.26 bits per heavy atom. The van der Waals surface area contributed by atoms with E-state index in [-0.39, 0.29) is 18.5 Å². The van der Waals surface area contributed by atoms with Crippen molar-refractivity contribution in [2.45, 2.75) is 45.3 Å². The van der Waals surface area contributed by atoms with Crippen LogP contribution in [0.15, 0.2) is 24.3 Å². The lowest BCUT2D eigenvalue weighted by Gasteiger charge is -2.21. The summed E-state index contributed by atoms with van der Waals surface area (Å²) in [5.41, 5.74) is 1.12. The molecule has 1 aromatic rings. The van der Waals surface area contributed by atoms with Gasteiger partial charge in [0.25, 0.3) is 0 Å². The molecule has 0 spiro atoms. The van der Waals surface area contributed by atoms with E-state index in [0.29, 0.717) is 12.6 Å². The second-order valence-electron chi connectivity index (χ2n) is 6.16. The number of hydrogen-bond acceptors (Lipinski definition) is 4. The van der Waals surface area contributed by atoms with Crippen molar-refractivity contribution < 1.29 is 14.3 Å². The molecule has 0 atom stereocenters. The molecule has 23 heavy (non-hydrogen) atoms. The zero-order valence-corrected chi connectivity index (χ0v) is 14.0. The molecule has 1 aliphatic carbocycles. The Labute approximate surface area is 137 Å². The summed E-state index contributed by atoms with van der Waals surface area (Å²) in [6, 6.07) is 7.81. The molecule has 1 aliphatic rings. The average molecular weight is 319 g/mol. The highest BCUT2D eigenvalue weighted by molar-refractivity contribution is 5.95. The summed E-state index contributed by atoms with van der Waals surface area (Å²) in [7, 11) is 1.64. The lowest BCUT2D eigenvalue weighted by atomic mass is 10.2. The van der Waals surface area contributed by atoms with E-state index in [4.69, 9.17) is 4.74 Å². The molecule has 126 valence electrons. The highest BCUT2D eigenvalue weighted by Gasteiger charge is 2.30. The molecule has 0 bridgehead atoms. The minimum absolute atomic E-state index is 0.00151. The SMILES string of the molecule is COc1ccc(CN(CC(=O)NC(=O)NC(C)C)C2CC2)cc1. The standard InChI is InChI=1S/C17H25N3O3/c1-12(2)18-17(22)19-16(21)11-20(14-6-7-14)10-13-4-8-15(23-3)9-5-13/h4-5,8-9,12,14H,6-7,10-11H2,1-3H3,(H2,18,19,21,22). The predicted octanol–water partition coefficient (Wildman–Crippen LogP) is 1.89. The Balaban J connectivity index is 1.88. The van der Waals surface area contributed by atoms with E-state index >= 15 is 0 Å². The molecule has 1 saturated carbocycles. The van der Waals surface area contributed by atoms with Gasteiger partial charge in [0.2, 0.25) is 5.91 Å². The summed E-state index contributed by atoms with van der Waals surface area (Å²) in [5.74, 6) is 0.540. The van der Waals surface area contributed by atoms with Crippen LogP contribution in [0.4, 0.5) is 4.79 Å². The van der Waals surface area contributed by atoms with E-state index in [1.54, 1.807) is 7.11 Å². The topological polar surface area (TPSA) is 70.7 Å². The predicted molar refractivity (Wildman–Crippen MR) is 88.2 cm³/mol. The zero-order valence-electron chi connectivity index (χ0n) is 14.0. The van der Waals surface area contributed by atoms with Crippen LogP contribution in [-0.4, -0.2) is 42.6 Å². The summed E-state index contributed by atoms with van der Waals surface area (Å²) in [6.07, 6.45) is 2.20. The van der Waals surface area contributed by atoms with E-state index in [0.717, 1.165) is 24.2 Å². The molecule has 0 unspecified atom stereocenters. The number of imide groups is 1. The van der Waals surface area contributed by atoms with Gasteiger partial charge in [-0.2, -0.15) is 0 Å². The molecule has 0 saturated heterocycles. The summed E-state index contributed by atoms with van der Waals surface area (Å²) in [4.78, 5) is 25.7. The second-order valence-corrected chi connectivity index (χ2v) is 6.16. The number of amides is 3. The Kier molecular flexibility index (Phi) is 5.98. The Bertz CT molecular complexity index is 539. The van der Waals surface area contributed by atoms with Gasteiger partial charge in [-0.05, 0) is 44.4 Å². The number of methoxy groups -OCH3 is 1. The van der Waals surface area contributed by atoms with Crippen molar-refractivity contribution in [2.75, 3.05) is 13.7 Å². The molecule has 6 heteroatoms. The number of benzene rings is 1. The van der Waals surface area contributed by atoms with E-state index in [9.17, 15) is 9.59 Å². The summed E-state index contributed by atoms with van der Waals surface area (Å²) >= 11 is 0. The van der Waals surface area contributed by atoms with Crippen LogP contribution >= 0.6 is 0 Å². The van der Waals surface area contributed by atoms with Gasteiger partial charge in [-0.1, -0.05) is 12.1 Å². The highest BCUT2D eigenvalue weighted by Crippen LogP contribution is 2.28. The first-order valence-electron chi connectivity index (χ1n) is 7.95. The van der Waals surface area contributed by atoms with Gasteiger partial charge in [0, 0.05) is 18.6 Å². The number of rotatable bonds is 7. The van der Waals surface area contributed by atoms with Gasteiger partial charge in [0.15, 0.2) is 0 Å². The minimum Gasteiger partial charge on any atom is -0.497 e. The maximum absolute atomic E-state index is 12.0. The molecule has 0 radical (unpaired) electrons. The smallest absolute Gasteiger partial charge is 0.321 e. The molecular weight excluding hydrogens is 294 g/mol. The molecule has 2 rings (SSSR count). The fourth-order valence-corrected chi connectivity index (χ4v) is 2.37. The second kappa shape index (κ2) is 7.97. The van der Waals surface area contributed by atoms with Crippen LogP contribution in [0.1, 0.15) is 32.3 Å². The van der Waals surface area contributed by atoms with Crippen molar-refractivity contribution in [3.8, 4) is 5.75 Å². The van der Waals surface area contributed by atoms with Gasteiger partial charge in [-0.15, -0.1) is 0 Å².